The highest BCUT2D eigenvalue weighted by Gasteiger charge is 2.19. The summed E-state index contributed by atoms with van der Waals surface area (Å²) in [6.07, 6.45) is 3.70. The van der Waals surface area contributed by atoms with Gasteiger partial charge in [-0.3, -0.25) is 14.9 Å². The predicted molar refractivity (Wildman–Crippen MR) is 61.1 cm³/mol. The van der Waals surface area contributed by atoms with Gasteiger partial charge in [-0.1, -0.05) is 0 Å². The lowest BCUT2D eigenvalue weighted by Crippen LogP contribution is -2.12. The molecule has 0 fully saturated rings. The lowest BCUT2D eigenvalue weighted by atomic mass is 10.1. The first kappa shape index (κ1) is 11.6. The van der Waals surface area contributed by atoms with Gasteiger partial charge < -0.3 is 14.6 Å². The highest BCUT2D eigenvalue weighted by Crippen LogP contribution is 2.25. The summed E-state index contributed by atoms with van der Waals surface area (Å²) in [5, 5.41) is 10.7. The van der Waals surface area contributed by atoms with E-state index in [2.05, 4.69) is 0 Å². The maximum absolute atomic E-state index is 11.3. The standard InChI is InChI=1S/C11H8N2O5/c12-11(14)7(9-2-1-4-17-9)6-10-8(13(15)16)3-5-18-10/h1-6H,(H2,12,14). The molecular weight excluding hydrogens is 240 g/mol. The minimum Gasteiger partial charge on any atom is -0.464 e. The van der Waals surface area contributed by atoms with E-state index in [-0.39, 0.29) is 22.8 Å². The molecule has 0 aliphatic carbocycles. The van der Waals surface area contributed by atoms with Crippen molar-refractivity contribution in [2.45, 2.75) is 0 Å². The minimum atomic E-state index is -0.768. The van der Waals surface area contributed by atoms with E-state index in [1.165, 1.54) is 24.5 Å². The van der Waals surface area contributed by atoms with Crippen LogP contribution in [0.3, 0.4) is 0 Å². The molecule has 0 aliphatic rings. The molecular formula is C11H8N2O5. The molecule has 1 amide bonds. The van der Waals surface area contributed by atoms with Crippen LogP contribution in [0.15, 0.2) is 39.6 Å². The molecule has 2 rings (SSSR count). The molecule has 7 nitrogen and oxygen atoms in total. The van der Waals surface area contributed by atoms with Crippen LogP contribution in [-0.2, 0) is 4.79 Å². The maximum Gasteiger partial charge on any atom is 0.314 e. The number of nitrogens with zero attached hydrogens (tertiary/aromatic N) is 1. The first-order chi connectivity index (χ1) is 8.59. The summed E-state index contributed by atoms with van der Waals surface area (Å²) in [6, 6.07) is 4.28. The number of hydrogen-bond donors (Lipinski definition) is 1. The molecule has 2 N–H and O–H groups in total. The third-order valence-corrected chi connectivity index (χ3v) is 2.20. The number of furan rings is 2. The zero-order valence-corrected chi connectivity index (χ0v) is 9.03. The van der Waals surface area contributed by atoms with Crippen molar-refractivity contribution < 1.29 is 18.6 Å². The van der Waals surface area contributed by atoms with Crippen molar-refractivity contribution in [1.29, 1.82) is 0 Å². The van der Waals surface area contributed by atoms with Crippen LogP contribution in [0, 0.1) is 10.1 Å². The molecule has 0 aliphatic heterocycles. The second-order valence-electron chi connectivity index (χ2n) is 3.33. The van der Waals surface area contributed by atoms with Gasteiger partial charge in [0.1, 0.15) is 5.76 Å². The van der Waals surface area contributed by atoms with Gasteiger partial charge in [-0.15, -0.1) is 0 Å². The Labute approximate surface area is 101 Å². The zero-order valence-electron chi connectivity index (χ0n) is 9.03. The van der Waals surface area contributed by atoms with E-state index in [4.69, 9.17) is 14.6 Å². The fourth-order valence-electron chi connectivity index (χ4n) is 1.40. The Morgan fingerprint density at radius 1 is 1.33 bits per heavy atom. The summed E-state index contributed by atoms with van der Waals surface area (Å²) in [5.74, 6) is -0.617. The SMILES string of the molecule is NC(=O)C(=Cc1occc1[N+](=O)[O-])c1ccco1. The van der Waals surface area contributed by atoms with E-state index in [9.17, 15) is 14.9 Å². The second-order valence-corrected chi connectivity index (χ2v) is 3.33. The Hall–Kier alpha value is -2.83. The first-order valence-electron chi connectivity index (χ1n) is 4.87. The van der Waals surface area contributed by atoms with Gasteiger partial charge in [0.15, 0.2) is 0 Å². The van der Waals surface area contributed by atoms with E-state index in [1.807, 2.05) is 0 Å². The monoisotopic (exact) mass is 248 g/mol. The van der Waals surface area contributed by atoms with Crippen LogP contribution >= 0.6 is 0 Å². The Kier molecular flexibility index (Phi) is 2.96. The zero-order chi connectivity index (χ0) is 13.1. The van der Waals surface area contributed by atoms with Crippen molar-refractivity contribution in [3.05, 3.63) is 52.4 Å². The van der Waals surface area contributed by atoms with Gasteiger partial charge >= 0.3 is 5.69 Å². The molecule has 2 aromatic heterocycles. The molecule has 0 spiro atoms. The summed E-state index contributed by atoms with van der Waals surface area (Å²) in [6.45, 7) is 0. The predicted octanol–water partition coefficient (Wildman–Crippen LogP) is 1.81. The Bertz CT molecular complexity index is 609. The van der Waals surface area contributed by atoms with E-state index in [0.29, 0.717) is 0 Å². The molecule has 92 valence electrons. The van der Waals surface area contributed by atoms with Crippen molar-refractivity contribution in [1.82, 2.24) is 0 Å². The quantitative estimate of drug-likeness (QED) is 0.503. The molecule has 2 aromatic rings. The smallest absolute Gasteiger partial charge is 0.314 e. The highest BCUT2D eigenvalue weighted by molar-refractivity contribution is 6.22. The number of nitrogens with two attached hydrogens (primary N) is 1. The largest absolute Gasteiger partial charge is 0.464 e. The lowest BCUT2D eigenvalue weighted by Gasteiger charge is -1.97. The Morgan fingerprint density at radius 3 is 2.67 bits per heavy atom. The summed E-state index contributed by atoms with van der Waals surface area (Å²) < 4.78 is 9.96. The van der Waals surface area contributed by atoms with E-state index >= 15 is 0 Å². The summed E-state index contributed by atoms with van der Waals surface area (Å²) in [5.41, 5.74) is 4.94. The van der Waals surface area contributed by atoms with Gasteiger partial charge in [-0.25, -0.2) is 0 Å². The van der Waals surface area contributed by atoms with Crippen LogP contribution in [0.1, 0.15) is 11.5 Å². The number of carbonyl (C=O) groups is 1. The van der Waals surface area contributed by atoms with Gasteiger partial charge in [-0.2, -0.15) is 0 Å². The number of carbonyl (C=O) groups excluding carboxylic acids is 1. The van der Waals surface area contributed by atoms with Crippen molar-refractivity contribution in [3.63, 3.8) is 0 Å². The van der Waals surface area contributed by atoms with Crippen LogP contribution in [-0.4, -0.2) is 10.8 Å². The van der Waals surface area contributed by atoms with Crippen molar-refractivity contribution in [2.24, 2.45) is 5.73 Å². The molecule has 2 heterocycles. The number of nitro groups is 1. The third kappa shape index (κ3) is 2.14. The lowest BCUT2D eigenvalue weighted by molar-refractivity contribution is -0.385. The average Bonchev–Trinajstić information content (AvgIpc) is 2.96. The molecule has 0 saturated heterocycles. The van der Waals surface area contributed by atoms with Crippen LogP contribution in [0.2, 0.25) is 0 Å². The summed E-state index contributed by atoms with van der Waals surface area (Å²) >= 11 is 0. The summed E-state index contributed by atoms with van der Waals surface area (Å²) in [7, 11) is 0. The number of amides is 1. The van der Waals surface area contributed by atoms with Gasteiger partial charge in [0.2, 0.25) is 5.76 Å². The molecule has 18 heavy (non-hydrogen) atoms. The van der Waals surface area contributed by atoms with Gasteiger partial charge in [-0.05, 0) is 12.1 Å². The van der Waals surface area contributed by atoms with Crippen LogP contribution in [0.5, 0.6) is 0 Å². The summed E-state index contributed by atoms with van der Waals surface area (Å²) in [4.78, 5) is 21.4. The van der Waals surface area contributed by atoms with Crippen molar-refractivity contribution in [2.75, 3.05) is 0 Å². The molecule has 0 radical (unpaired) electrons. The third-order valence-electron chi connectivity index (χ3n) is 2.20. The van der Waals surface area contributed by atoms with E-state index in [1.54, 1.807) is 6.07 Å². The molecule has 0 saturated carbocycles. The average molecular weight is 248 g/mol. The highest BCUT2D eigenvalue weighted by atomic mass is 16.6. The Balaban J connectivity index is 2.49. The fourth-order valence-corrected chi connectivity index (χ4v) is 1.40. The van der Waals surface area contributed by atoms with Crippen LogP contribution in [0.4, 0.5) is 5.69 Å². The van der Waals surface area contributed by atoms with Crippen LogP contribution in [0.25, 0.3) is 11.6 Å². The molecule has 0 bridgehead atoms. The molecule has 0 atom stereocenters. The first-order valence-corrected chi connectivity index (χ1v) is 4.87. The normalized spacial score (nSPS) is 11.4. The van der Waals surface area contributed by atoms with Crippen molar-refractivity contribution in [3.8, 4) is 0 Å². The minimum absolute atomic E-state index is 0.00181. The van der Waals surface area contributed by atoms with Crippen LogP contribution < -0.4 is 5.73 Å². The van der Waals surface area contributed by atoms with Gasteiger partial charge in [0.25, 0.3) is 5.91 Å². The number of primary amides is 1. The topological polar surface area (TPSA) is 113 Å². The van der Waals surface area contributed by atoms with E-state index < -0.39 is 10.8 Å². The Morgan fingerprint density at radius 2 is 2.11 bits per heavy atom. The maximum atomic E-state index is 11.3. The number of hydrogen-bond acceptors (Lipinski definition) is 5. The molecule has 7 heteroatoms. The second kappa shape index (κ2) is 4.58. The molecule has 0 unspecified atom stereocenters. The van der Waals surface area contributed by atoms with Gasteiger partial charge in [0.05, 0.1) is 29.1 Å². The molecule has 0 aromatic carbocycles. The van der Waals surface area contributed by atoms with Crippen molar-refractivity contribution >= 4 is 23.2 Å². The number of rotatable bonds is 4. The van der Waals surface area contributed by atoms with Gasteiger partial charge in [0, 0.05) is 6.08 Å². The van der Waals surface area contributed by atoms with E-state index in [0.717, 1.165) is 6.26 Å². The fraction of sp³-hybridized carbons (Fsp3) is 0.